The fraction of sp³-hybridized carbons (Fsp3) is 0.583. The SMILES string of the molecule is CN(CCNCc1occc1C(=O)O)C1CC1. The van der Waals surface area contributed by atoms with Crippen LogP contribution in [0.2, 0.25) is 0 Å². The van der Waals surface area contributed by atoms with Crippen molar-refractivity contribution < 1.29 is 14.3 Å². The summed E-state index contributed by atoms with van der Waals surface area (Å²) in [7, 11) is 2.12. The number of hydrogen-bond acceptors (Lipinski definition) is 4. The number of carboxylic acid groups (broad SMARTS) is 1. The van der Waals surface area contributed by atoms with Gasteiger partial charge in [-0.25, -0.2) is 4.79 Å². The van der Waals surface area contributed by atoms with Crippen LogP contribution in [0.3, 0.4) is 0 Å². The van der Waals surface area contributed by atoms with E-state index in [0.717, 1.165) is 19.1 Å². The van der Waals surface area contributed by atoms with Gasteiger partial charge in [-0.05, 0) is 26.0 Å². The average molecular weight is 238 g/mol. The normalized spacial score (nSPS) is 15.4. The van der Waals surface area contributed by atoms with Crippen molar-refractivity contribution >= 4 is 5.97 Å². The van der Waals surface area contributed by atoms with Crippen molar-refractivity contribution in [1.82, 2.24) is 10.2 Å². The van der Waals surface area contributed by atoms with Crippen LogP contribution >= 0.6 is 0 Å². The third-order valence-corrected chi connectivity index (χ3v) is 3.07. The maximum Gasteiger partial charge on any atom is 0.339 e. The van der Waals surface area contributed by atoms with E-state index in [9.17, 15) is 4.79 Å². The summed E-state index contributed by atoms with van der Waals surface area (Å²) < 4.78 is 5.14. The average Bonchev–Trinajstić information content (AvgIpc) is 3.03. The lowest BCUT2D eigenvalue weighted by atomic mass is 10.2. The summed E-state index contributed by atoms with van der Waals surface area (Å²) in [5.41, 5.74) is 0.244. The summed E-state index contributed by atoms with van der Waals surface area (Å²) in [5.74, 6) is -0.447. The molecule has 0 amide bonds. The molecule has 17 heavy (non-hydrogen) atoms. The number of hydrogen-bond donors (Lipinski definition) is 2. The summed E-state index contributed by atoms with van der Waals surface area (Å²) in [6.07, 6.45) is 4.02. The number of carbonyl (C=O) groups is 1. The van der Waals surface area contributed by atoms with Gasteiger partial charge in [-0.3, -0.25) is 0 Å². The largest absolute Gasteiger partial charge is 0.478 e. The van der Waals surface area contributed by atoms with Gasteiger partial charge in [-0.2, -0.15) is 0 Å². The van der Waals surface area contributed by atoms with E-state index in [0.29, 0.717) is 12.3 Å². The van der Waals surface area contributed by atoms with Crippen LogP contribution in [-0.4, -0.2) is 42.2 Å². The number of carboxylic acids is 1. The third kappa shape index (κ3) is 3.31. The molecule has 0 unspecified atom stereocenters. The Labute approximate surface area is 100 Å². The Hall–Kier alpha value is -1.33. The van der Waals surface area contributed by atoms with Crippen LogP contribution < -0.4 is 5.32 Å². The van der Waals surface area contributed by atoms with Crippen LogP contribution in [0.1, 0.15) is 29.0 Å². The molecule has 0 atom stereocenters. The molecule has 0 aromatic carbocycles. The molecule has 1 heterocycles. The van der Waals surface area contributed by atoms with Gasteiger partial charge in [0.1, 0.15) is 11.3 Å². The Morgan fingerprint density at radius 1 is 1.65 bits per heavy atom. The highest BCUT2D eigenvalue weighted by atomic mass is 16.4. The van der Waals surface area contributed by atoms with Crippen molar-refractivity contribution in [2.75, 3.05) is 20.1 Å². The van der Waals surface area contributed by atoms with Crippen molar-refractivity contribution in [1.29, 1.82) is 0 Å². The van der Waals surface area contributed by atoms with Crippen LogP contribution in [0.4, 0.5) is 0 Å². The summed E-state index contributed by atoms with van der Waals surface area (Å²) in [6, 6.07) is 2.24. The molecular formula is C12H18N2O3. The third-order valence-electron chi connectivity index (χ3n) is 3.07. The molecular weight excluding hydrogens is 220 g/mol. The summed E-state index contributed by atoms with van der Waals surface area (Å²) >= 11 is 0. The number of nitrogens with zero attached hydrogens (tertiary/aromatic N) is 1. The molecule has 2 N–H and O–H groups in total. The van der Waals surface area contributed by atoms with E-state index >= 15 is 0 Å². The molecule has 0 aliphatic heterocycles. The maximum absolute atomic E-state index is 10.8. The van der Waals surface area contributed by atoms with Gasteiger partial charge >= 0.3 is 5.97 Å². The summed E-state index contributed by atoms with van der Waals surface area (Å²) in [4.78, 5) is 13.2. The highest BCUT2D eigenvalue weighted by molar-refractivity contribution is 5.88. The molecule has 0 spiro atoms. The van der Waals surface area contributed by atoms with Crippen LogP contribution in [-0.2, 0) is 6.54 Å². The first-order chi connectivity index (χ1) is 8.18. The number of likely N-dealkylation sites (N-methyl/N-ethyl adjacent to an activating group) is 1. The fourth-order valence-corrected chi connectivity index (χ4v) is 1.82. The Balaban J connectivity index is 1.70. The second-order valence-electron chi connectivity index (χ2n) is 4.45. The monoisotopic (exact) mass is 238 g/mol. The molecule has 1 aromatic rings. The van der Waals surface area contributed by atoms with Gasteiger partial charge in [0.2, 0.25) is 0 Å². The lowest BCUT2D eigenvalue weighted by molar-refractivity contribution is 0.0694. The zero-order valence-corrected chi connectivity index (χ0v) is 9.98. The molecule has 5 heteroatoms. The van der Waals surface area contributed by atoms with E-state index in [2.05, 4.69) is 17.3 Å². The van der Waals surface area contributed by atoms with Crippen molar-refractivity contribution in [3.05, 3.63) is 23.7 Å². The molecule has 0 saturated heterocycles. The second kappa shape index (κ2) is 5.33. The van der Waals surface area contributed by atoms with Crippen LogP contribution in [0.5, 0.6) is 0 Å². The number of aromatic carboxylic acids is 1. The van der Waals surface area contributed by atoms with Crippen LogP contribution in [0.25, 0.3) is 0 Å². The van der Waals surface area contributed by atoms with Gasteiger partial charge < -0.3 is 19.7 Å². The van der Waals surface area contributed by atoms with Crippen LogP contribution in [0.15, 0.2) is 16.7 Å². The highest BCUT2D eigenvalue weighted by Gasteiger charge is 2.25. The molecule has 1 aliphatic carbocycles. The molecule has 5 nitrogen and oxygen atoms in total. The first kappa shape index (κ1) is 12.1. The zero-order valence-electron chi connectivity index (χ0n) is 9.98. The molecule has 1 aliphatic rings. The van der Waals surface area contributed by atoms with E-state index in [4.69, 9.17) is 9.52 Å². The molecule has 1 fully saturated rings. The van der Waals surface area contributed by atoms with Crippen molar-refractivity contribution in [2.24, 2.45) is 0 Å². The first-order valence-corrected chi connectivity index (χ1v) is 5.89. The van der Waals surface area contributed by atoms with E-state index in [1.165, 1.54) is 25.2 Å². The molecule has 0 radical (unpaired) electrons. The van der Waals surface area contributed by atoms with Crippen molar-refractivity contribution in [3.8, 4) is 0 Å². The summed E-state index contributed by atoms with van der Waals surface area (Å²) in [5, 5.41) is 12.1. The zero-order chi connectivity index (χ0) is 12.3. The lowest BCUT2D eigenvalue weighted by Gasteiger charge is -2.15. The van der Waals surface area contributed by atoms with Crippen molar-refractivity contribution in [2.45, 2.75) is 25.4 Å². The molecule has 1 aromatic heterocycles. The minimum absolute atomic E-state index is 0.244. The van der Waals surface area contributed by atoms with E-state index in [1.54, 1.807) is 0 Å². The molecule has 0 bridgehead atoms. The molecule has 1 saturated carbocycles. The summed E-state index contributed by atoms with van der Waals surface area (Å²) in [6.45, 7) is 2.29. The Kier molecular flexibility index (Phi) is 3.81. The van der Waals surface area contributed by atoms with Crippen molar-refractivity contribution in [3.63, 3.8) is 0 Å². The number of nitrogens with one attached hydrogen (secondary N) is 1. The minimum Gasteiger partial charge on any atom is -0.478 e. The van der Waals surface area contributed by atoms with Gasteiger partial charge in [0.05, 0.1) is 12.8 Å². The van der Waals surface area contributed by atoms with E-state index < -0.39 is 5.97 Å². The quantitative estimate of drug-likeness (QED) is 0.698. The minimum atomic E-state index is -0.939. The molecule has 94 valence electrons. The standard InChI is InChI=1S/C12H18N2O3/c1-14(9-2-3-9)6-5-13-8-11-10(12(15)16)4-7-17-11/h4,7,9,13H,2-3,5-6,8H2,1H3,(H,15,16). The van der Waals surface area contributed by atoms with Gasteiger partial charge in [0.15, 0.2) is 0 Å². The number of furan rings is 1. The highest BCUT2D eigenvalue weighted by Crippen LogP contribution is 2.24. The number of rotatable bonds is 7. The lowest BCUT2D eigenvalue weighted by Crippen LogP contribution is -2.30. The smallest absolute Gasteiger partial charge is 0.339 e. The Morgan fingerprint density at radius 2 is 2.41 bits per heavy atom. The maximum atomic E-state index is 10.8. The second-order valence-corrected chi connectivity index (χ2v) is 4.45. The fourth-order valence-electron chi connectivity index (χ4n) is 1.82. The van der Waals surface area contributed by atoms with Gasteiger partial charge in [-0.1, -0.05) is 0 Å². The Bertz CT molecular complexity index is 385. The van der Waals surface area contributed by atoms with Gasteiger partial charge in [0, 0.05) is 19.1 Å². The molecule has 2 rings (SSSR count). The van der Waals surface area contributed by atoms with E-state index in [1.807, 2.05) is 0 Å². The van der Waals surface area contributed by atoms with Gasteiger partial charge in [-0.15, -0.1) is 0 Å². The predicted molar refractivity (Wildman–Crippen MR) is 63.0 cm³/mol. The predicted octanol–water partition coefficient (Wildman–Crippen LogP) is 1.16. The van der Waals surface area contributed by atoms with Gasteiger partial charge in [0.25, 0.3) is 0 Å². The topological polar surface area (TPSA) is 65.7 Å². The Morgan fingerprint density at radius 3 is 3.06 bits per heavy atom. The van der Waals surface area contributed by atoms with E-state index in [-0.39, 0.29) is 5.56 Å². The first-order valence-electron chi connectivity index (χ1n) is 5.89. The van der Waals surface area contributed by atoms with Crippen LogP contribution in [0, 0.1) is 0 Å².